The molecule has 0 radical (unpaired) electrons. The average molecular weight is 423 g/mol. The number of carbonyl (C=O) groups excluding carboxylic acids is 3. The Bertz CT molecular complexity index is 1010. The van der Waals surface area contributed by atoms with Crippen LogP contribution in [0, 0.1) is 0 Å². The number of allylic oxidation sites excluding steroid dienone is 2. The van der Waals surface area contributed by atoms with E-state index >= 15 is 0 Å². The van der Waals surface area contributed by atoms with Crippen LogP contribution in [0.4, 0.5) is 5.69 Å². The van der Waals surface area contributed by atoms with E-state index in [-0.39, 0.29) is 24.1 Å². The minimum absolute atomic E-state index is 0.0476. The summed E-state index contributed by atoms with van der Waals surface area (Å²) >= 11 is 6.42. The topological polar surface area (TPSA) is 66.5 Å². The van der Waals surface area contributed by atoms with Gasteiger partial charge in [-0.1, -0.05) is 66.5 Å². The zero-order chi connectivity index (χ0) is 20.8. The molecule has 0 aromatic heterocycles. The fourth-order valence-corrected chi connectivity index (χ4v) is 3.80. The van der Waals surface area contributed by atoms with E-state index in [4.69, 9.17) is 12.2 Å². The zero-order valence-electron chi connectivity index (χ0n) is 15.6. The predicted octanol–water partition coefficient (Wildman–Crippen LogP) is 4.29. The maximum absolute atomic E-state index is 12.6. The summed E-state index contributed by atoms with van der Waals surface area (Å²) in [6.07, 6.45) is 5.38. The van der Waals surface area contributed by atoms with Gasteiger partial charge in [-0.2, -0.15) is 0 Å². The van der Waals surface area contributed by atoms with Crippen molar-refractivity contribution >= 4 is 57.7 Å². The first-order valence-electron chi connectivity index (χ1n) is 8.82. The summed E-state index contributed by atoms with van der Waals surface area (Å²) < 4.78 is 0.344. The monoisotopic (exact) mass is 422 g/mol. The fourth-order valence-electron chi connectivity index (χ4n) is 2.59. The van der Waals surface area contributed by atoms with Gasteiger partial charge in [-0.15, -0.1) is 0 Å². The normalized spacial score (nSPS) is 15.3. The van der Waals surface area contributed by atoms with Gasteiger partial charge in [0.05, 0.1) is 4.91 Å². The average Bonchev–Trinajstić information content (AvgIpc) is 2.97. The molecule has 0 aliphatic carbocycles. The second-order valence-electron chi connectivity index (χ2n) is 6.24. The molecule has 1 saturated heterocycles. The van der Waals surface area contributed by atoms with E-state index in [9.17, 15) is 14.4 Å². The Kier molecular flexibility index (Phi) is 6.74. The smallest absolute Gasteiger partial charge is 0.266 e. The van der Waals surface area contributed by atoms with Crippen molar-refractivity contribution in [2.45, 2.75) is 6.92 Å². The number of thiocarbonyl (C=S) groups is 1. The summed E-state index contributed by atoms with van der Waals surface area (Å²) in [5.74, 6) is -0.703. The second kappa shape index (κ2) is 9.45. The van der Waals surface area contributed by atoms with Gasteiger partial charge in [0.15, 0.2) is 5.78 Å². The second-order valence-corrected chi connectivity index (χ2v) is 7.92. The minimum atomic E-state index is -0.363. The van der Waals surface area contributed by atoms with Gasteiger partial charge in [0.25, 0.3) is 5.91 Å². The van der Waals surface area contributed by atoms with E-state index in [0.717, 1.165) is 5.56 Å². The van der Waals surface area contributed by atoms with Crippen molar-refractivity contribution in [2.75, 3.05) is 11.9 Å². The summed E-state index contributed by atoms with van der Waals surface area (Å²) in [5, 5.41) is 2.71. The molecule has 0 unspecified atom stereocenters. The molecular formula is C22H18N2O3S2. The number of thioether (sulfide) groups is 1. The van der Waals surface area contributed by atoms with Crippen molar-refractivity contribution in [2.24, 2.45) is 0 Å². The van der Waals surface area contributed by atoms with Crippen LogP contribution in [0.1, 0.15) is 22.8 Å². The maximum Gasteiger partial charge on any atom is 0.266 e. The Hall–Kier alpha value is -3.03. The van der Waals surface area contributed by atoms with Crippen molar-refractivity contribution in [1.82, 2.24) is 4.90 Å². The molecule has 2 aromatic rings. The van der Waals surface area contributed by atoms with Gasteiger partial charge in [0, 0.05) is 11.3 Å². The lowest BCUT2D eigenvalue weighted by Gasteiger charge is -2.14. The Morgan fingerprint density at radius 2 is 1.79 bits per heavy atom. The van der Waals surface area contributed by atoms with Crippen LogP contribution in [0.25, 0.3) is 6.08 Å². The van der Waals surface area contributed by atoms with Crippen LogP contribution in [0.3, 0.4) is 0 Å². The molecule has 1 aliphatic heterocycles. The van der Waals surface area contributed by atoms with Gasteiger partial charge in [0.2, 0.25) is 5.91 Å². The first kappa shape index (κ1) is 20.7. The van der Waals surface area contributed by atoms with Gasteiger partial charge in [-0.05, 0) is 42.8 Å². The predicted molar refractivity (Wildman–Crippen MR) is 121 cm³/mol. The fraction of sp³-hybridized carbons (Fsp3) is 0.0909. The summed E-state index contributed by atoms with van der Waals surface area (Å²) in [4.78, 5) is 37.9. The molecule has 29 heavy (non-hydrogen) atoms. The van der Waals surface area contributed by atoms with Crippen LogP contribution in [-0.4, -0.2) is 33.4 Å². The largest absolute Gasteiger partial charge is 0.325 e. The summed E-state index contributed by atoms with van der Waals surface area (Å²) in [7, 11) is 0. The SMILES string of the molecule is CC(=O)c1ccc(NC(=O)CN2C(=O)/C(=C/C=C/c3ccccc3)SC2=S)cc1. The first-order valence-corrected chi connectivity index (χ1v) is 10.0. The van der Waals surface area contributed by atoms with E-state index in [1.807, 2.05) is 36.4 Å². The van der Waals surface area contributed by atoms with Crippen LogP contribution < -0.4 is 5.32 Å². The lowest BCUT2D eigenvalue weighted by molar-refractivity contribution is -0.126. The van der Waals surface area contributed by atoms with Gasteiger partial charge >= 0.3 is 0 Å². The Balaban J connectivity index is 1.60. The number of hydrogen-bond acceptors (Lipinski definition) is 5. The maximum atomic E-state index is 12.6. The highest BCUT2D eigenvalue weighted by Gasteiger charge is 2.33. The quantitative estimate of drug-likeness (QED) is 0.427. The molecule has 0 saturated carbocycles. The van der Waals surface area contributed by atoms with E-state index in [0.29, 0.717) is 20.5 Å². The number of benzene rings is 2. The molecule has 1 fully saturated rings. The summed E-state index contributed by atoms with van der Waals surface area (Å²) in [6, 6.07) is 16.3. The molecule has 7 heteroatoms. The number of nitrogens with one attached hydrogen (secondary N) is 1. The molecule has 1 aliphatic rings. The molecule has 146 valence electrons. The number of carbonyl (C=O) groups is 3. The Morgan fingerprint density at radius 3 is 2.45 bits per heavy atom. The molecule has 5 nitrogen and oxygen atoms in total. The number of rotatable bonds is 6. The van der Waals surface area contributed by atoms with Gasteiger partial charge in [0.1, 0.15) is 10.9 Å². The third-order valence-corrected chi connectivity index (χ3v) is 5.48. The standard InChI is InChI=1S/C22H18N2O3S2/c1-15(25)17-10-12-18(13-11-17)23-20(26)14-24-21(27)19(29-22(24)28)9-5-8-16-6-3-2-4-7-16/h2-13H,14H2,1H3,(H,23,26)/b8-5+,19-9-. The lowest BCUT2D eigenvalue weighted by Crippen LogP contribution is -2.36. The highest BCUT2D eigenvalue weighted by atomic mass is 32.2. The molecule has 0 bridgehead atoms. The molecule has 2 amide bonds. The molecule has 2 aromatic carbocycles. The third kappa shape index (κ3) is 5.49. The van der Waals surface area contributed by atoms with Gasteiger partial charge in [-0.25, -0.2) is 0 Å². The van der Waals surface area contributed by atoms with Gasteiger partial charge in [-0.3, -0.25) is 19.3 Å². The van der Waals surface area contributed by atoms with Crippen molar-refractivity contribution in [3.63, 3.8) is 0 Å². The van der Waals surface area contributed by atoms with Crippen LogP contribution in [0.5, 0.6) is 0 Å². The van der Waals surface area contributed by atoms with E-state index in [1.165, 1.54) is 23.6 Å². The molecule has 1 N–H and O–H groups in total. The number of nitrogens with zero attached hydrogens (tertiary/aromatic N) is 1. The molecule has 0 atom stereocenters. The van der Waals surface area contributed by atoms with E-state index < -0.39 is 0 Å². The first-order chi connectivity index (χ1) is 13.9. The van der Waals surface area contributed by atoms with Crippen molar-refractivity contribution in [1.29, 1.82) is 0 Å². The number of hydrogen-bond donors (Lipinski definition) is 1. The molecule has 0 spiro atoms. The van der Waals surface area contributed by atoms with Crippen LogP contribution in [0.2, 0.25) is 0 Å². The van der Waals surface area contributed by atoms with Crippen molar-refractivity contribution in [3.05, 3.63) is 82.8 Å². The Morgan fingerprint density at radius 1 is 1.10 bits per heavy atom. The summed E-state index contributed by atoms with van der Waals surface area (Å²) in [5.41, 5.74) is 2.13. The summed E-state index contributed by atoms with van der Waals surface area (Å²) in [6.45, 7) is 1.31. The number of Topliss-reactive ketones (excluding diaryl/α,β-unsaturated/α-hetero) is 1. The van der Waals surface area contributed by atoms with Crippen LogP contribution in [-0.2, 0) is 9.59 Å². The van der Waals surface area contributed by atoms with Crippen molar-refractivity contribution < 1.29 is 14.4 Å². The number of amides is 2. The zero-order valence-corrected chi connectivity index (χ0v) is 17.3. The van der Waals surface area contributed by atoms with Crippen LogP contribution >= 0.6 is 24.0 Å². The number of ketones is 1. The van der Waals surface area contributed by atoms with Crippen LogP contribution in [0.15, 0.2) is 71.7 Å². The minimum Gasteiger partial charge on any atom is -0.325 e. The molecule has 1 heterocycles. The number of anilines is 1. The highest BCUT2D eigenvalue weighted by molar-refractivity contribution is 8.26. The lowest BCUT2D eigenvalue weighted by atomic mass is 10.1. The van der Waals surface area contributed by atoms with Crippen molar-refractivity contribution in [3.8, 4) is 0 Å². The third-order valence-electron chi connectivity index (χ3n) is 4.09. The highest BCUT2D eigenvalue weighted by Crippen LogP contribution is 2.30. The van der Waals surface area contributed by atoms with E-state index in [1.54, 1.807) is 36.4 Å². The van der Waals surface area contributed by atoms with E-state index in [2.05, 4.69) is 5.32 Å². The molecular weight excluding hydrogens is 404 g/mol. The Labute approximate surface area is 178 Å². The molecule has 3 rings (SSSR count). The van der Waals surface area contributed by atoms with Gasteiger partial charge < -0.3 is 5.32 Å².